The van der Waals surface area contributed by atoms with Crippen LogP contribution in [0.1, 0.15) is 8.85 Å². The summed E-state index contributed by atoms with van der Waals surface area (Å²) >= 11 is 0. The van der Waals surface area contributed by atoms with Crippen molar-refractivity contribution in [2.75, 3.05) is 0 Å². The third-order valence-corrected chi connectivity index (χ3v) is 0. The molecule has 5 heteroatoms. The monoisotopic (exact) mass is 128 g/mol. The molecule has 0 aliphatic carbocycles. The summed E-state index contributed by atoms with van der Waals surface area (Å²) < 4.78 is 13.0. The molecule has 4 nitrogen and oxygen atoms in total. The lowest BCUT2D eigenvalue weighted by molar-refractivity contribution is -0.283. The Morgan fingerprint density at radius 2 is 1.75 bits per heavy atom. The van der Waals surface area contributed by atoms with Gasteiger partial charge in [-0.15, -0.1) is 0 Å². The summed E-state index contributed by atoms with van der Waals surface area (Å²) in [4.78, 5) is 24.5. The number of hydrogen-bond donors (Lipinski definition) is 0. The smallest absolute Gasteiger partial charge is 0.373 e. The van der Waals surface area contributed by atoms with Crippen LogP contribution in [-0.4, -0.2) is 14.1 Å². The zero-order chi connectivity index (χ0) is 7.41. The standard InChI is InChI=1S/CH2O2.CO2.CH4.FH.H2/c2*2-1-3;;;/h1H,(H,2,3);;1H4;2*1H/p-1/i/hD. The van der Waals surface area contributed by atoms with Crippen molar-refractivity contribution in [2.24, 2.45) is 0 Å². The molecule has 0 aliphatic heterocycles. The van der Waals surface area contributed by atoms with Crippen LogP contribution in [0.5, 0.6) is 0 Å². The van der Waals surface area contributed by atoms with Crippen molar-refractivity contribution < 1.29 is 25.6 Å². The Morgan fingerprint density at radius 3 is 1.75 bits per heavy atom. The first-order chi connectivity index (χ1) is 3.83. The minimum Gasteiger partial charge on any atom is -0.554 e. The molecule has 0 unspecified atom stereocenters. The number of halogens is 1. The Morgan fingerprint density at radius 1 is 1.75 bits per heavy atom. The average molecular weight is 128 g/mol. The van der Waals surface area contributed by atoms with Gasteiger partial charge in [0, 0.05) is 7.90 Å². The fourth-order valence-electron chi connectivity index (χ4n) is 0. The van der Waals surface area contributed by atoms with Crippen LogP contribution in [0.4, 0.5) is 4.72 Å². The molecular weight excluding hydrogens is 119 g/mol. The van der Waals surface area contributed by atoms with Crippen molar-refractivity contribution in [3.05, 3.63) is 0 Å². The Hall–Kier alpha value is -1.22. The topological polar surface area (TPSA) is 74.3 Å². The van der Waals surface area contributed by atoms with E-state index >= 15 is 0 Å². The van der Waals surface area contributed by atoms with Gasteiger partial charge in [0.1, 0.15) is 0 Å². The Kier molecular flexibility index (Phi) is 430. The van der Waals surface area contributed by atoms with Gasteiger partial charge < -0.3 is 9.90 Å². The van der Waals surface area contributed by atoms with Crippen molar-refractivity contribution >= 4 is 12.6 Å². The van der Waals surface area contributed by atoms with Crippen molar-refractivity contribution in [2.45, 2.75) is 7.43 Å². The zero-order valence-electron chi connectivity index (χ0n) is 4.09. The summed E-state index contributed by atoms with van der Waals surface area (Å²) in [5, 5.41) is 8.25. The summed E-state index contributed by atoms with van der Waals surface area (Å²) in [6.07, 6.45) is 0.250. The van der Waals surface area contributed by atoms with Crippen molar-refractivity contribution in [1.29, 1.82) is 1.45 Å². The molecule has 52 valence electrons. The van der Waals surface area contributed by atoms with E-state index in [1.165, 1.54) is 0 Å². The van der Waals surface area contributed by atoms with Gasteiger partial charge in [0.2, 0.25) is 0 Å². The van der Waals surface area contributed by atoms with Gasteiger partial charge in [0.05, 0.1) is 0 Å². The second kappa shape index (κ2) is 217. The lowest BCUT2D eigenvalue weighted by Gasteiger charge is -1.52. The van der Waals surface area contributed by atoms with Crippen LogP contribution >= 0.6 is 0 Å². The van der Waals surface area contributed by atoms with Gasteiger partial charge in [-0.1, -0.05) is 7.43 Å². The molecule has 0 atom stereocenters. The van der Waals surface area contributed by atoms with Crippen LogP contribution in [0.25, 0.3) is 0 Å². The molecule has 0 spiro atoms. The summed E-state index contributed by atoms with van der Waals surface area (Å²) in [5.74, 6) is 0. The molecule has 0 rings (SSSR count). The van der Waals surface area contributed by atoms with Gasteiger partial charge in [-0.2, -0.15) is 9.59 Å². The van der Waals surface area contributed by atoms with Crippen LogP contribution < -0.4 is 5.11 Å². The zero-order valence-corrected chi connectivity index (χ0v) is 3.09. The SMILES string of the molecule is C.O=C=O.O=C[O-].[2H]F.[HH]. The number of carbonyl (C=O) groups excluding carboxylic acids is 3. The molecule has 0 heterocycles. The third kappa shape index (κ3) is 45.9. The van der Waals surface area contributed by atoms with Gasteiger partial charge in [-0.05, 0) is 0 Å². The maximum absolute atomic E-state index is 8.75. The van der Waals surface area contributed by atoms with E-state index in [0.29, 0.717) is 0 Å². The van der Waals surface area contributed by atoms with E-state index < -0.39 is 6.47 Å². The normalized spacial score (nSPS) is 3.38. The lowest BCUT2D eigenvalue weighted by atomic mass is 11.7. The first-order valence-corrected chi connectivity index (χ1v) is 0.880. The highest BCUT2D eigenvalue weighted by Crippen LogP contribution is 0.787. The van der Waals surface area contributed by atoms with Crippen molar-refractivity contribution in [1.82, 2.24) is 0 Å². The van der Waals surface area contributed by atoms with E-state index in [1.807, 2.05) is 0 Å². The van der Waals surface area contributed by atoms with E-state index in [9.17, 15) is 0 Å². The molecule has 0 saturated heterocycles. The van der Waals surface area contributed by atoms with E-state index in [4.69, 9.17) is 24.2 Å². The molecule has 0 aromatic carbocycles. The van der Waals surface area contributed by atoms with E-state index in [1.54, 1.807) is 0 Å². The van der Waals surface area contributed by atoms with Gasteiger partial charge >= 0.3 is 6.15 Å². The molecule has 0 N–H and O–H groups in total. The Bertz CT molecular complexity index is 63.5. The first-order valence-electron chi connectivity index (χ1n) is 1.26. The van der Waals surface area contributed by atoms with Gasteiger partial charge in [0.25, 0.3) is 1.45 Å². The number of hydrogen-bond acceptors (Lipinski definition) is 4. The second-order valence-corrected chi connectivity index (χ2v) is 0.180. The molecule has 0 aliphatic rings. The fourth-order valence-corrected chi connectivity index (χ4v) is 0. The maximum Gasteiger partial charge on any atom is 0.373 e. The Balaban J connectivity index is -0.0000000116. The van der Waals surface area contributed by atoms with Gasteiger partial charge in [0.15, 0.2) is 0 Å². The minimum absolute atomic E-state index is 0. The average Bonchev–Trinajstić information content (AvgIpc) is 1.75. The van der Waals surface area contributed by atoms with Crippen LogP contribution in [0.3, 0.4) is 0 Å². The van der Waals surface area contributed by atoms with Crippen LogP contribution in [-0.2, 0) is 14.4 Å². The Labute approximate surface area is 48.5 Å². The predicted octanol–water partition coefficient (Wildman–Crippen LogP) is -1.18. The summed E-state index contributed by atoms with van der Waals surface area (Å²) in [7, 11) is 0. The summed E-state index contributed by atoms with van der Waals surface area (Å²) in [5.41, 5.74) is 0. The third-order valence-electron chi connectivity index (χ3n) is 0. The van der Waals surface area contributed by atoms with Gasteiger partial charge in [-0.3, -0.25) is 4.72 Å². The lowest BCUT2D eigenvalue weighted by Crippen LogP contribution is -2.01. The molecule has 0 amide bonds. The molecular formula is C3H8FO4-. The van der Waals surface area contributed by atoms with Crippen LogP contribution in [0.2, 0.25) is 0 Å². The van der Waals surface area contributed by atoms with Crippen LogP contribution in [0, 0.1) is 0 Å². The number of rotatable bonds is 0. The highest BCUT2D eigenvalue weighted by Gasteiger charge is 1.13. The number of carboxylic acid groups (broad SMARTS) is 1. The largest absolute Gasteiger partial charge is 0.554 e. The minimum atomic E-state index is -0.500. The van der Waals surface area contributed by atoms with Gasteiger partial charge in [-0.25, -0.2) is 0 Å². The van der Waals surface area contributed by atoms with E-state index in [0.717, 1.165) is 0 Å². The second-order valence-electron chi connectivity index (χ2n) is 0.180. The molecule has 0 aromatic rings. The molecule has 8 heavy (non-hydrogen) atoms. The highest BCUT2D eigenvalue weighted by molar-refractivity contribution is 5.29. The fraction of sp³-hybridized carbons (Fsp3) is 0.333. The van der Waals surface area contributed by atoms with Crippen molar-refractivity contribution in [3.63, 3.8) is 0 Å². The van der Waals surface area contributed by atoms with Crippen molar-refractivity contribution in [3.8, 4) is 0 Å². The molecule has 0 aromatic heterocycles. The molecule has 0 radical (unpaired) electrons. The first kappa shape index (κ1) is 15.9. The van der Waals surface area contributed by atoms with E-state index in [2.05, 4.69) is 1.45 Å². The maximum atomic E-state index is 8.75. The predicted molar refractivity (Wildman–Crippen MR) is 22.4 cm³/mol. The highest BCUT2D eigenvalue weighted by atomic mass is 19.0. The quantitative estimate of drug-likeness (QED) is 0.385. The molecule has 0 fully saturated rings. The summed E-state index contributed by atoms with van der Waals surface area (Å²) in [6, 6.07) is 0. The summed E-state index contributed by atoms with van der Waals surface area (Å²) in [6.45, 7) is -0.500. The number of carbonyl (C=O) groups is 1. The van der Waals surface area contributed by atoms with E-state index in [-0.39, 0.29) is 15.0 Å². The molecule has 0 saturated carbocycles. The molecule has 0 bridgehead atoms. The van der Waals surface area contributed by atoms with Crippen LogP contribution in [0.15, 0.2) is 0 Å².